The molecule has 3 nitrogen and oxygen atoms in total. The van der Waals surface area contributed by atoms with Gasteiger partial charge in [-0.15, -0.1) is 0 Å². The number of H-pyrrole nitrogens is 1. The van der Waals surface area contributed by atoms with Crippen LogP contribution in [0, 0.1) is 22.7 Å². The number of fused-ring (bicyclic) bond motifs is 1. The predicted molar refractivity (Wildman–Crippen MR) is 62.5 cm³/mol. The van der Waals surface area contributed by atoms with Gasteiger partial charge in [-0.3, -0.25) is 0 Å². The highest BCUT2D eigenvalue weighted by atomic mass is 19.4. The lowest BCUT2D eigenvalue weighted by Crippen LogP contribution is -2.12. The third-order valence-corrected chi connectivity index (χ3v) is 2.62. The van der Waals surface area contributed by atoms with Crippen molar-refractivity contribution in [1.29, 1.82) is 10.5 Å². The van der Waals surface area contributed by atoms with E-state index in [1.165, 1.54) is 18.2 Å². The third-order valence-electron chi connectivity index (χ3n) is 2.62. The van der Waals surface area contributed by atoms with E-state index in [2.05, 4.69) is 4.98 Å². The summed E-state index contributed by atoms with van der Waals surface area (Å²) in [5.74, 6) is 0. The summed E-state index contributed by atoms with van der Waals surface area (Å²) < 4.78 is 39.2. The fourth-order valence-electron chi connectivity index (χ4n) is 1.84. The van der Waals surface area contributed by atoms with Crippen LogP contribution >= 0.6 is 0 Å². The highest BCUT2D eigenvalue weighted by molar-refractivity contribution is 5.95. The first-order chi connectivity index (χ1) is 8.99. The van der Waals surface area contributed by atoms with Crippen LogP contribution in [-0.2, 0) is 0 Å². The Morgan fingerprint density at radius 2 is 1.74 bits per heavy atom. The van der Waals surface area contributed by atoms with Gasteiger partial charge in [0.25, 0.3) is 0 Å². The molecule has 1 aromatic heterocycles. The van der Waals surface area contributed by atoms with E-state index in [-0.39, 0.29) is 5.56 Å². The molecule has 1 N–H and O–H groups in total. The Morgan fingerprint density at radius 3 is 2.32 bits per heavy atom. The molecule has 0 spiro atoms. The smallest absolute Gasteiger partial charge is 0.361 e. The predicted octanol–water partition coefficient (Wildman–Crippen LogP) is 3.53. The van der Waals surface area contributed by atoms with Crippen molar-refractivity contribution in [2.45, 2.75) is 6.18 Å². The second kappa shape index (κ2) is 4.51. The summed E-state index contributed by atoms with van der Waals surface area (Å²) in [6.45, 7) is 0. The number of benzene rings is 1. The molecule has 1 heterocycles. The minimum absolute atomic E-state index is 0.193. The zero-order valence-corrected chi connectivity index (χ0v) is 9.42. The molecule has 2 rings (SSSR count). The first-order valence-corrected chi connectivity index (χ1v) is 5.17. The standard InChI is InChI=1S/C13H6F3N3/c14-13(15,16)12(8(5-17)6-18)10-7-19-11-4-2-1-3-9(10)11/h1-4,7,19H. The van der Waals surface area contributed by atoms with Crippen molar-refractivity contribution in [2.75, 3.05) is 0 Å². The van der Waals surface area contributed by atoms with Crippen LogP contribution in [0.4, 0.5) is 13.2 Å². The Morgan fingerprint density at radius 1 is 1.11 bits per heavy atom. The molecule has 0 fully saturated rings. The average Bonchev–Trinajstić information content (AvgIpc) is 2.78. The molecular formula is C13H6F3N3. The van der Waals surface area contributed by atoms with E-state index >= 15 is 0 Å². The van der Waals surface area contributed by atoms with Gasteiger partial charge >= 0.3 is 6.18 Å². The van der Waals surface area contributed by atoms with Gasteiger partial charge in [0.15, 0.2) is 0 Å². The van der Waals surface area contributed by atoms with Crippen molar-refractivity contribution in [3.63, 3.8) is 0 Å². The van der Waals surface area contributed by atoms with Crippen LogP contribution in [0.5, 0.6) is 0 Å². The number of allylic oxidation sites excluding steroid dienone is 2. The molecule has 0 aliphatic rings. The number of hydrogen-bond acceptors (Lipinski definition) is 2. The van der Waals surface area contributed by atoms with Crippen molar-refractivity contribution < 1.29 is 13.2 Å². The number of rotatable bonds is 1. The number of para-hydroxylation sites is 1. The number of halogens is 3. The summed E-state index contributed by atoms with van der Waals surface area (Å²) in [5.41, 5.74) is -1.84. The molecule has 6 heteroatoms. The van der Waals surface area contributed by atoms with Crippen molar-refractivity contribution in [3.8, 4) is 12.1 Å². The SMILES string of the molecule is N#CC(C#N)=C(c1c[nH]c2ccccc12)C(F)(F)F. The summed E-state index contributed by atoms with van der Waals surface area (Å²) >= 11 is 0. The number of nitrogens with one attached hydrogen (secondary N) is 1. The van der Waals surface area contributed by atoms with Crippen LogP contribution in [0.2, 0.25) is 0 Å². The van der Waals surface area contributed by atoms with Gasteiger partial charge in [0, 0.05) is 22.7 Å². The lowest BCUT2D eigenvalue weighted by molar-refractivity contribution is -0.0690. The van der Waals surface area contributed by atoms with Crippen LogP contribution < -0.4 is 0 Å². The van der Waals surface area contributed by atoms with Crippen molar-refractivity contribution in [1.82, 2.24) is 4.98 Å². The molecule has 2 aromatic rings. The number of aromatic nitrogens is 1. The molecule has 94 valence electrons. The van der Waals surface area contributed by atoms with E-state index in [1.807, 2.05) is 0 Å². The molecule has 0 aliphatic carbocycles. The highest BCUT2D eigenvalue weighted by Crippen LogP contribution is 2.39. The summed E-state index contributed by atoms with van der Waals surface area (Å²) in [6.07, 6.45) is -3.62. The zero-order chi connectivity index (χ0) is 14.0. The quantitative estimate of drug-likeness (QED) is 0.798. The van der Waals surface area contributed by atoms with Crippen molar-refractivity contribution in [2.24, 2.45) is 0 Å². The zero-order valence-electron chi connectivity index (χ0n) is 9.42. The highest BCUT2D eigenvalue weighted by Gasteiger charge is 2.39. The Labute approximate surface area is 106 Å². The molecule has 0 unspecified atom stereocenters. The van der Waals surface area contributed by atoms with E-state index in [1.54, 1.807) is 18.2 Å². The minimum atomic E-state index is -4.77. The molecule has 0 aliphatic heterocycles. The lowest BCUT2D eigenvalue weighted by Gasteiger charge is -2.10. The molecule has 0 saturated carbocycles. The number of alkyl halides is 3. The topological polar surface area (TPSA) is 63.4 Å². The van der Waals surface area contributed by atoms with E-state index in [0.717, 1.165) is 6.20 Å². The van der Waals surface area contributed by atoms with Gasteiger partial charge < -0.3 is 4.98 Å². The van der Waals surface area contributed by atoms with E-state index < -0.39 is 17.3 Å². The number of hydrogen-bond donors (Lipinski definition) is 1. The summed E-state index contributed by atoms with van der Waals surface area (Å²) in [7, 11) is 0. The summed E-state index contributed by atoms with van der Waals surface area (Å²) in [5, 5.41) is 17.7. The Kier molecular flexibility index (Phi) is 3.02. The largest absolute Gasteiger partial charge is 0.419 e. The monoisotopic (exact) mass is 261 g/mol. The fraction of sp³-hybridized carbons (Fsp3) is 0.0769. The number of nitriles is 2. The molecule has 0 radical (unpaired) electrons. The molecule has 0 saturated heterocycles. The van der Waals surface area contributed by atoms with Gasteiger partial charge in [0.05, 0.1) is 5.57 Å². The Hall–Kier alpha value is -2.73. The molecule has 0 atom stereocenters. The maximum atomic E-state index is 13.1. The van der Waals surface area contributed by atoms with Crippen molar-refractivity contribution in [3.05, 3.63) is 41.6 Å². The van der Waals surface area contributed by atoms with Crippen molar-refractivity contribution >= 4 is 16.5 Å². The van der Waals surface area contributed by atoms with Gasteiger partial charge in [0.2, 0.25) is 0 Å². The normalized spacial score (nSPS) is 10.8. The van der Waals surface area contributed by atoms with E-state index in [0.29, 0.717) is 10.9 Å². The molecule has 0 bridgehead atoms. The van der Waals surface area contributed by atoms with Crippen LogP contribution in [0.3, 0.4) is 0 Å². The minimum Gasteiger partial charge on any atom is -0.361 e. The summed E-state index contributed by atoms with van der Waals surface area (Å²) in [4.78, 5) is 2.69. The third kappa shape index (κ3) is 2.16. The Bertz CT molecular complexity index is 723. The van der Waals surface area contributed by atoms with E-state index in [9.17, 15) is 13.2 Å². The van der Waals surface area contributed by atoms with Gasteiger partial charge in [-0.05, 0) is 6.07 Å². The second-order valence-corrected chi connectivity index (χ2v) is 3.72. The molecule has 19 heavy (non-hydrogen) atoms. The maximum Gasteiger partial charge on any atom is 0.419 e. The van der Waals surface area contributed by atoms with Crippen LogP contribution in [0.1, 0.15) is 5.56 Å². The maximum absolute atomic E-state index is 13.1. The average molecular weight is 261 g/mol. The van der Waals surface area contributed by atoms with E-state index in [4.69, 9.17) is 10.5 Å². The van der Waals surface area contributed by atoms with Crippen LogP contribution in [0.15, 0.2) is 36.0 Å². The molecule has 1 aromatic carbocycles. The second-order valence-electron chi connectivity index (χ2n) is 3.72. The van der Waals surface area contributed by atoms with Crippen LogP contribution in [0.25, 0.3) is 16.5 Å². The van der Waals surface area contributed by atoms with Gasteiger partial charge in [-0.25, -0.2) is 0 Å². The first-order valence-electron chi connectivity index (χ1n) is 5.17. The van der Waals surface area contributed by atoms with Gasteiger partial charge in [-0.1, -0.05) is 18.2 Å². The van der Waals surface area contributed by atoms with Gasteiger partial charge in [-0.2, -0.15) is 23.7 Å². The fourth-order valence-corrected chi connectivity index (χ4v) is 1.84. The molecule has 0 amide bonds. The molecular weight excluding hydrogens is 255 g/mol. The lowest BCUT2D eigenvalue weighted by atomic mass is 10.00. The Balaban J connectivity index is 2.82. The first kappa shape index (κ1) is 12.7. The van der Waals surface area contributed by atoms with Gasteiger partial charge in [0.1, 0.15) is 17.7 Å². The number of aromatic amines is 1. The van der Waals surface area contributed by atoms with Crippen LogP contribution in [-0.4, -0.2) is 11.2 Å². The summed E-state index contributed by atoms with van der Waals surface area (Å²) in [6, 6.07) is 8.97. The number of nitrogens with zero attached hydrogens (tertiary/aromatic N) is 2.